The molecule has 98 valence electrons. The van der Waals surface area contributed by atoms with Gasteiger partial charge in [-0.1, -0.05) is 0 Å². The lowest BCUT2D eigenvalue weighted by molar-refractivity contribution is 0.344. The molecule has 0 atom stereocenters. The fraction of sp³-hybridized carbons (Fsp3) is 0.417. The predicted molar refractivity (Wildman–Crippen MR) is 78.8 cm³/mol. The van der Waals surface area contributed by atoms with Gasteiger partial charge in [-0.05, 0) is 43.9 Å². The van der Waals surface area contributed by atoms with Gasteiger partial charge in [-0.2, -0.15) is 4.37 Å². The summed E-state index contributed by atoms with van der Waals surface area (Å²) in [5, 5.41) is 4.24. The van der Waals surface area contributed by atoms with E-state index in [1.807, 2.05) is 18.3 Å². The van der Waals surface area contributed by atoms with Crippen molar-refractivity contribution in [2.24, 2.45) is 0 Å². The van der Waals surface area contributed by atoms with E-state index in [0.29, 0.717) is 18.2 Å². The van der Waals surface area contributed by atoms with E-state index < -0.39 is 0 Å². The fourth-order valence-electron chi connectivity index (χ4n) is 1.59. The topological polar surface area (TPSA) is 60.2 Å². The highest BCUT2D eigenvalue weighted by molar-refractivity contribution is 7.12. The lowest BCUT2D eigenvalue weighted by Crippen LogP contribution is -2.00. The molecule has 0 aliphatic carbocycles. The molecule has 0 bridgehead atoms. The molecule has 2 rings (SSSR count). The van der Waals surface area contributed by atoms with Gasteiger partial charge in [0.05, 0.1) is 13.2 Å². The van der Waals surface area contributed by atoms with Gasteiger partial charge in [-0.3, -0.25) is 0 Å². The van der Waals surface area contributed by atoms with Gasteiger partial charge >= 0.3 is 0 Å². The normalized spacial score (nSPS) is 10.6. The van der Waals surface area contributed by atoms with Crippen LogP contribution in [0.4, 0.5) is 10.8 Å². The Balaban J connectivity index is 2.06. The Morgan fingerprint density at radius 1 is 1.44 bits per heavy atom. The van der Waals surface area contributed by atoms with Crippen LogP contribution in [0.2, 0.25) is 0 Å². The van der Waals surface area contributed by atoms with Crippen LogP contribution in [0.3, 0.4) is 0 Å². The van der Waals surface area contributed by atoms with E-state index in [1.54, 1.807) is 0 Å². The van der Waals surface area contributed by atoms with Crippen LogP contribution in [0.15, 0.2) is 6.07 Å². The Kier molecular flexibility index (Phi) is 4.08. The second kappa shape index (κ2) is 5.58. The summed E-state index contributed by atoms with van der Waals surface area (Å²) in [4.78, 5) is 2.67. The van der Waals surface area contributed by atoms with Gasteiger partial charge in [-0.25, -0.2) is 0 Å². The molecule has 0 spiro atoms. The lowest BCUT2D eigenvalue weighted by Gasteiger charge is -2.06. The highest BCUT2D eigenvalue weighted by Crippen LogP contribution is 2.35. The number of nitrogens with zero attached hydrogens (tertiary/aromatic N) is 1. The van der Waals surface area contributed by atoms with Crippen molar-refractivity contribution in [1.82, 2.24) is 4.37 Å². The minimum atomic E-state index is 0.461. The van der Waals surface area contributed by atoms with Gasteiger partial charge in [-0.15, -0.1) is 11.3 Å². The Hall–Kier alpha value is -1.27. The maximum atomic E-state index is 5.76. The second-order valence-corrected chi connectivity index (χ2v) is 6.08. The number of rotatable bonds is 5. The van der Waals surface area contributed by atoms with E-state index in [9.17, 15) is 0 Å². The van der Waals surface area contributed by atoms with Crippen LogP contribution in [0.25, 0.3) is 0 Å². The maximum absolute atomic E-state index is 5.76. The second-order valence-electron chi connectivity index (χ2n) is 3.96. The predicted octanol–water partition coefficient (Wildman–Crippen LogP) is 3.41. The Bertz CT molecular complexity index is 514. The number of thiophene rings is 1. The molecule has 0 radical (unpaired) electrons. The van der Waals surface area contributed by atoms with Gasteiger partial charge in [0.15, 0.2) is 16.6 Å². The van der Waals surface area contributed by atoms with Crippen molar-refractivity contribution in [3.05, 3.63) is 21.4 Å². The molecule has 0 saturated carbocycles. The number of hydrogen-bond donors (Lipinski definition) is 2. The summed E-state index contributed by atoms with van der Waals surface area (Å²) in [6, 6.07) is 2.21. The number of hydrogen-bond acceptors (Lipinski definition) is 6. The van der Waals surface area contributed by atoms with Gasteiger partial charge in [0, 0.05) is 9.75 Å². The number of aromatic nitrogens is 1. The SMILES string of the molecule is CCOc1c(N)nsc1NCc1cc(C)c(C)s1. The molecule has 0 aliphatic rings. The molecule has 4 nitrogen and oxygen atoms in total. The summed E-state index contributed by atoms with van der Waals surface area (Å²) in [7, 11) is 0. The summed E-state index contributed by atoms with van der Waals surface area (Å²) in [6.45, 7) is 7.58. The summed E-state index contributed by atoms with van der Waals surface area (Å²) in [5.41, 5.74) is 7.10. The number of anilines is 2. The van der Waals surface area contributed by atoms with Crippen molar-refractivity contribution in [2.45, 2.75) is 27.3 Å². The van der Waals surface area contributed by atoms with Crippen molar-refractivity contribution < 1.29 is 4.74 Å². The van der Waals surface area contributed by atoms with Crippen molar-refractivity contribution in [2.75, 3.05) is 17.7 Å². The molecule has 6 heteroatoms. The molecule has 0 aliphatic heterocycles. The number of ether oxygens (including phenoxy) is 1. The van der Waals surface area contributed by atoms with E-state index in [2.05, 4.69) is 29.6 Å². The highest BCUT2D eigenvalue weighted by Gasteiger charge is 2.12. The quantitative estimate of drug-likeness (QED) is 0.882. The molecule has 0 aromatic carbocycles. The molecule has 2 aromatic heterocycles. The molecule has 18 heavy (non-hydrogen) atoms. The molecule has 0 amide bonds. The summed E-state index contributed by atoms with van der Waals surface area (Å²) < 4.78 is 9.59. The van der Waals surface area contributed by atoms with E-state index in [0.717, 1.165) is 11.5 Å². The van der Waals surface area contributed by atoms with Crippen molar-refractivity contribution >= 4 is 33.7 Å². The maximum Gasteiger partial charge on any atom is 0.197 e. The van der Waals surface area contributed by atoms with E-state index in [4.69, 9.17) is 10.5 Å². The first-order chi connectivity index (χ1) is 8.61. The number of nitrogen functional groups attached to an aromatic ring is 1. The fourth-order valence-corrected chi connectivity index (χ4v) is 3.24. The monoisotopic (exact) mass is 283 g/mol. The Labute approximate surface area is 115 Å². The number of nitrogens with one attached hydrogen (secondary N) is 1. The summed E-state index contributed by atoms with van der Waals surface area (Å²) in [5.74, 6) is 1.13. The third-order valence-corrected chi connectivity index (χ3v) is 4.56. The van der Waals surface area contributed by atoms with Crippen LogP contribution in [-0.4, -0.2) is 11.0 Å². The van der Waals surface area contributed by atoms with E-state index >= 15 is 0 Å². The molecule has 0 fully saturated rings. The Morgan fingerprint density at radius 3 is 2.83 bits per heavy atom. The molecule has 0 unspecified atom stereocenters. The zero-order valence-electron chi connectivity index (χ0n) is 10.7. The highest BCUT2D eigenvalue weighted by atomic mass is 32.1. The standard InChI is InChI=1S/C12H17N3OS2/c1-4-16-10-11(13)15-18-12(10)14-6-9-5-7(2)8(3)17-9/h5,14H,4,6H2,1-3H3,(H2,13,15). The van der Waals surface area contributed by atoms with Crippen LogP contribution in [0.1, 0.15) is 22.2 Å². The van der Waals surface area contributed by atoms with Gasteiger partial charge in [0.1, 0.15) is 0 Å². The van der Waals surface area contributed by atoms with Gasteiger partial charge in [0.25, 0.3) is 0 Å². The van der Waals surface area contributed by atoms with Gasteiger partial charge in [0.2, 0.25) is 0 Å². The average molecular weight is 283 g/mol. The minimum Gasteiger partial charge on any atom is -0.487 e. The molecule has 3 N–H and O–H groups in total. The minimum absolute atomic E-state index is 0.461. The van der Waals surface area contributed by atoms with Crippen LogP contribution < -0.4 is 15.8 Å². The molecule has 0 saturated heterocycles. The third kappa shape index (κ3) is 2.76. The first-order valence-corrected chi connectivity index (χ1v) is 7.38. The molecular weight excluding hydrogens is 266 g/mol. The smallest absolute Gasteiger partial charge is 0.197 e. The van der Waals surface area contributed by atoms with E-state index in [-0.39, 0.29) is 0 Å². The molecule has 2 heterocycles. The Morgan fingerprint density at radius 2 is 2.22 bits per heavy atom. The zero-order valence-corrected chi connectivity index (χ0v) is 12.4. The average Bonchev–Trinajstić information content (AvgIpc) is 2.83. The van der Waals surface area contributed by atoms with Crippen molar-refractivity contribution in [3.63, 3.8) is 0 Å². The third-order valence-electron chi connectivity index (χ3n) is 2.60. The number of aryl methyl sites for hydroxylation is 2. The van der Waals surface area contributed by atoms with Crippen LogP contribution in [0, 0.1) is 13.8 Å². The van der Waals surface area contributed by atoms with Gasteiger partial charge < -0.3 is 15.8 Å². The van der Waals surface area contributed by atoms with Crippen LogP contribution >= 0.6 is 22.9 Å². The number of nitrogens with two attached hydrogens (primary N) is 1. The zero-order chi connectivity index (χ0) is 13.1. The first kappa shape index (κ1) is 13.2. The van der Waals surface area contributed by atoms with Crippen molar-refractivity contribution in [3.8, 4) is 5.75 Å². The molecular formula is C12H17N3OS2. The van der Waals surface area contributed by atoms with Crippen LogP contribution in [0.5, 0.6) is 5.75 Å². The van der Waals surface area contributed by atoms with Crippen molar-refractivity contribution in [1.29, 1.82) is 0 Å². The largest absolute Gasteiger partial charge is 0.487 e. The summed E-state index contributed by atoms with van der Waals surface area (Å²) >= 11 is 3.15. The molecule has 2 aromatic rings. The van der Waals surface area contributed by atoms with E-state index in [1.165, 1.54) is 26.9 Å². The summed E-state index contributed by atoms with van der Waals surface area (Å²) in [6.07, 6.45) is 0. The van der Waals surface area contributed by atoms with Crippen LogP contribution in [-0.2, 0) is 6.54 Å². The first-order valence-electron chi connectivity index (χ1n) is 5.79. The lowest BCUT2D eigenvalue weighted by atomic mass is 10.3.